The first-order valence-electron chi connectivity index (χ1n) is 11.3. The molecular formula is C23H22ClF2N7O3. The number of ether oxygens (including phenoxy) is 2. The Morgan fingerprint density at radius 2 is 1.94 bits per heavy atom. The van der Waals surface area contributed by atoms with E-state index in [-0.39, 0.29) is 35.2 Å². The summed E-state index contributed by atoms with van der Waals surface area (Å²) in [5.41, 5.74) is 1.97. The first kappa shape index (κ1) is 23.1. The van der Waals surface area contributed by atoms with Crippen molar-refractivity contribution in [3.63, 3.8) is 0 Å². The number of fused-ring (bicyclic) bond motifs is 2. The van der Waals surface area contributed by atoms with Crippen molar-refractivity contribution in [2.75, 3.05) is 37.5 Å². The van der Waals surface area contributed by atoms with Crippen LogP contribution in [0.5, 0.6) is 0 Å². The number of carbonyl (C=O) groups is 1. The molecule has 0 spiro atoms. The summed E-state index contributed by atoms with van der Waals surface area (Å²) in [5, 5.41) is 10.1. The number of nitrogens with zero attached hydrogens (tertiary/aromatic N) is 5. The number of hydrogen-bond acceptors (Lipinski definition) is 7. The van der Waals surface area contributed by atoms with E-state index in [0.29, 0.717) is 40.9 Å². The number of methoxy groups -OCH3 is 2. The Morgan fingerprint density at radius 1 is 1.22 bits per heavy atom. The van der Waals surface area contributed by atoms with Crippen LogP contribution in [0.3, 0.4) is 0 Å². The zero-order valence-corrected chi connectivity index (χ0v) is 20.1. The highest BCUT2D eigenvalue weighted by Crippen LogP contribution is 2.43. The van der Waals surface area contributed by atoms with Crippen LogP contribution in [0.1, 0.15) is 6.42 Å². The predicted molar refractivity (Wildman–Crippen MR) is 128 cm³/mol. The van der Waals surface area contributed by atoms with Gasteiger partial charge in [0.05, 0.1) is 40.7 Å². The summed E-state index contributed by atoms with van der Waals surface area (Å²) in [5.74, 6) is -1.38. The molecule has 2 aliphatic rings. The molecule has 4 atom stereocenters. The van der Waals surface area contributed by atoms with Gasteiger partial charge in [0, 0.05) is 44.5 Å². The summed E-state index contributed by atoms with van der Waals surface area (Å²) in [6.07, 6.45) is 4.96. The van der Waals surface area contributed by atoms with E-state index < -0.39 is 23.8 Å². The van der Waals surface area contributed by atoms with Gasteiger partial charge in [-0.1, -0.05) is 11.6 Å². The lowest BCUT2D eigenvalue weighted by Crippen LogP contribution is -2.27. The maximum Gasteiger partial charge on any atom is 0.231 e. The Kier molecular flexibility index (Phi) is 5.54. The predicted octanol–water partition coefficient (Wildman–Crippen LogP) is 3.21. The summed E-state index contributed by atoms with van der Waals surface area (Å²) >= 11 is 6.61. The normalized spacial score (nSPS) is 23.6. The second-order valence-electron chi connectivity index (χ2n) is 8.98. The van der Waals surface area contributed by atoms with Gasteiger partial charge in [-0.15, -0.1) is 0 Å². The van der Waals surface area contributed by atoms with Gasteiger partial charge in [-0.2, -0.15) is 5.10 Å². The average Bonchev–Trinajstić information content (AvgIpc) is 3.24. The fourth-order valence-corrected chi connectivity index (χ4v) is 5.06. The molecular weight excluding hydrogens is 496 g/mol. The molecule has 1 amide bonds. The van der Waals surface area contributed by atoms with Gasteiger partial charge < -0.3 is 24.1 Å². The first-order valence-corrected chi connectivity index (χ1v) is 11.7. The summed E-state index contributed by atoms with van der Waals surface area (Å²) in [4.78, 5) is 22.6. The van der Waals surface area contributed by atoms with Gasteiger partial charge in [-0.3, -0.25) is 14.9 Å². The lowest BCUT2D eigenvalue weighted by molar-refractivity contribution is -0.117. The molecule has 1 saturated carbocycles. The minimum absolute atomic E-state index is 0.100. The van der Waals surface area contributed by atoms with E-state index in [1.165, 1.54) is 6.20 Å². The number of benzene rings is 1. The zero-order valence-electron chi connectivity index (χ0n) is 19.3. The number of halogens is 3. The van der Waals surface area contributed by atoms with Gasteiger partial charge in [-0.05, 0) is 6.42 Å². The summed E-state index contributed by atoms with van der Waals surface area (Å²) in [6, 6.07) is 0. The van der Waals surface area contributed by atoms with Crippen LogP contribution in [0.25, 0.3) is 27.8 Å². The van der Waals surface area contributed by atoms with Gasteiger partial charge in [0.2, 0.25) is 5.91 Å². The maximum absolute atomic E-state index is 15.8. The van der Waals surface area contributed by atoms with E-state index in [0.717, 1.165) is 0 Å². The topological polar surface area (TPSA) is 110 Å². The second-order valence-corrected chi connectivity index (χ2v) is 9.35. The van der Waals surface area contributed by atoms with Crippen LogP contribution in [0, 0.1) is 11.7 Å². The Balaban J connectivity index is 1.39. The molecule has 2 fully saturated rings. The molecule has 1 aliphatic carbocycles. The van der Waals surface area contributed by atoms with Crippen molar-refractivity contribution in [2.24, 2.45) is 5.92 Å². The molecule has 1 aromatic carbocycles. The van der Waals surface area contributed by atoms with Gasteiger partial charge in [0.15, 0.2) is 17.3 Å². The molecule has 3 aromatic heterocycles. The number of aromatic amines is 1. The number of rotatable bonds is 6. The average molecular weight is 518 g/mol. The van der Waals surface area contributed by atoms with Crippen LogP contribution >= 0.6 is 11.6 Å². The van der Waals surface area contributed by atoms with Crippen LogP contribution in [-0.4, -0.2) is 76.2 Å². The molecule has 6 rings (SSSR count). The number of alkyl halides is 1. The smallest absolute Gasteiger partial charge is 0.231 e. The van der Waals surface area contributed by atoms with Crippen LogP contribution < -0.4 is 10.2 Å². The van der Waals surface area contributed by atoms with Crippen molar-refractivity contribution in [3.05, 3.63) is 35.6 Å². The van der Waals surface area contributed by atoms with Crippen molar-refractivity contribution in [3.8, 4) is 11.3 Å². The number of nitrogens with one attached hydrogen (secondary N) is 2. The molecule has 188 valence electrons. The lowest BCUT2D eigenvalue weighted by Gasteiger charge is -2.21. The number of imidazole rings is 1. The number of H-pyrrole nitrogens is 1. The van der Waals surface area contributed by atoms with Gasteiger partial charge >= 0.3 is 0 Å². The fraction of sp³-hybridized carbons (Fsp3) is 0.391. The maximum atomic E-state index is 15.8. The van der Waals surface area contributed by atoms with E-state index in [1.54, 1.807) is 37.2 Å². The third kappa shape index (κ3) is 3.67. The molecule has 13 heteroatoms. The molecule has 1 saturated heterocycles. The molecule has 4 aromatic rings. The SMILES string of the molecule is CO[C@H]1CN(c2c(F)c(Cl)c(-c3cn4cc(NC(=O)C5CC5F)nc4cn3)c3cn[nH]c23)C[C@@H]1OC. The number of anilines is 2. The van der Waals surface area contributed by atoms with Crippen molar-refractivity contribution in [1.82, 2.24) is 24.6 Å². The Labute approximate surface area is 208 Å². The minimum atomic E-state index is -1.10. The monoisotopic (exact) mass is 517 g/mol. The van der Waals surface area contributed by atoms with Gasteiger partial charge in [0.25, 0.3) is 0 Å². The highest BCUT2D eigenvalue weighted by molar-refractivity contribution is 6.36. The van der Waals surface area contributed by atoms with Crippen molar-refractivity contribution in [2.45, 2.75) is 24.8 Å². The van der Waals surface area contributed by atoms with E-state index in [9.17, 15) is 9.18 Å². The third-order valence-electron chi connectivity index (χ3n) is 6.80. The van der Waals surface area contributed by atoms with Crippen molar-refractivity contribution in [1.29, 1.82) is 0 Å². The molecule has 0 bridgehead atoms. The van der Waals surface area contributed by atoms with Crippen molar-refractivity contribution >= 4 is 45.6 Å². The molecule has 2 unspecified atom stereocenters. The fourth-order valence-electron chi connectivity index (χ4n) is 4.77. The first-order chi connectivity index (χ1) is 17.4. The highest BCUT2D eigenvalue weighted by Gasteiger charge is 2.44. The molecule has 1 aliphatic heterocycles. The summed E-state index contributed by atoms with van der Waals surface area (Å²) < 4.78 is 41.6. The number of hydrogen-bond donors (Lipinski definition) is 2. The largest absolute Gasteiger partial charge is 0.377 e. The van der Waals surface area contributed by atoms with Gasteiger partial charge in [-0.25, -0.2) is 13.8 Å². The zero-order chi connectivity index (χ0) is 25.1. The molecule has 0 radical (unpaired) electrons. The van der Waals surface area contributed by atoms with Crippen LogP contribution in [-0.2, 0) is 14.3 Å². The van der Waals surface area contributed by atoms with Crippen LogP contribution in [0.4, 0.5) is 20.3 Å². The Hall–Kier alpha value is -3.35. The number of amides is 1. The van der Waals surface area contributed by atoms with Crippen molar-refractivity contribution < 1.29 is 23.0 Å². The molecule has 2 N–H and O–H groups in total. The highest BCUT2D eigenvalue weighted by atomic mass is 35.5. The molecule has 10 nitrogen and oxygen atoms in total. The van der Waals surface area contributed by atoms with E-state index in [1.807, 2.05) is 4.90 Å². The van der Waals surface area contributed by atoms with E-state index in [2.05, 4.69) is 25.5 Å². The van der Waals surface area contributed by atoms with Gasteiger partial charge in [0.1, 0.15) is 24.1 Å². The second kappa shape index (κ2) is 8.64. The van der Waals surface area contributed by atoms with E-state index in [4.69, 9.17) is 21.1 Å². The number of carbonyl (C=O) groups excluding carboxylic acids is 1. The lowest BCUT2D eigenvalue weighted by atomic mass is 10.0. The van der Waals surface area contributed by atoms with Crippen LogP contribution in [0.15, 0.2) is 24.8 Å². The quantitative estimate of drug-likeness (QED) is 0.404. The number of aromatic nitrogens is 5. The third-order valence-corrected chi connectivity index (χ3v) is 7.16. The molecule has 4 heterocycles. The molecule has 36 heavy (non-hydrogen) atoms. The Bertz CT molecular complexity index is 1480. The minimum Gasteiger partial charge on any atom is -0.377 e. The summed E-state index contributed by atoms with van der Waals surface area (Å²) in [7, 11) is 3.19. The Morgan fingerprint density at radius 3 is 2.61 bits per heavy atom. The standard InChI is InChI=1S/C23H22ClF2N7O3/c1-35-14-7-33(8-15(14)36-2)22-20(26)19(24)18(11-4-28-31-21(11)22)13-6-32-9-16(29-17(32)5-27-13)30-23(34)10-3-12(10)25/h4-6,9-10,12,14-15H,3,7-8H2,1-2H3,(H,28,31)(H,30,34)/t10?,12?,14-,15-/m0/s1. The van der Waals surface area contributed by atoms with Crippen LogP contribution in [0.2, 0.25) is 5.02 Å². The summed E-state index contributed by atoms with van der Waals surface area (Å²) in [6.45, 7) is 0.848. The van der Waals surface area contributed by atoms with E-state index >= 15 is 4.39 Å².